The lowest BCUT2D eigenvalue weighted by Gasteiger charge is -2.43. The van der Waals surface area contributed by atoms with Crippen molar-refractivity contribution in [1.29, 1.82) is 0 Å². The van der Waals surface area contributed by atoms with Crippen molar-refractivity contribution < 1.29 is 34.8 Å². The van der Waals surface area contributed by atoms with Gasteiger partial charge in [-0.05, 0) is 49.7 Å². The highest BCUT2D eigenvalue weighted by Crippen LogP contribution is 2.49. The molecular formula is C25H32N2O7. The number of benzene rings is 1. The molecule has 0 aromatic heterocycles. The molecule has 2 unspecified atom stereocenters. The Labute approximate surface area is 197 Å². The summed E-state index contributed by atoms with van der Waals surface area (Å²) in [5.41, 5.74) is 10.6. The van der Waals surface area contributed by atoms with Crippen molar-refractivity contribution in [3.8, 4) is 5.75 Å². The van der Waals surface area contributed by atoms with E-state index in [2.05, 4.69) is 0 Å². The molecule has 3 rings (SSSR count). The Bertz CT molecular complexity index is 1100. The van der Waals surface area contributed by atoms with Gasteiger partial charge in [0.2, 0.25) is 0 Å². The van der Waals surface area contributed by atoms with Crippen molar-refractivity contribution in [2.24, 2.45) is 23.3 Å². The fourth-order valence-electron chi connectivity index (χ4n) is 5.16. The summed E-state index contributed by atoms with van der Waals surface area (Å²) >= 11 is 0. The molecule has 2 aliphatic carbocycles. The van der Waals surface area contributed by atoms with Gasteiger partial charge in [0.15, 0.2) is 12.1 Å². The molecule has 0 bridgehead atoms. The lowest BCUT2D eigenvalue weighted by atomic mass is 9.63. The number of unbranched alkanes of at least 4 members (excludes halogenated alkanes) is 1. The molecule has 1 aromatic rings. The van der Waals surface area contributed by atoms with E-state index in [9.17, 15) is 34.8 Å². The van der Waals surface area contributed by atoms with Gasteiger partial charge in [-0.1, -0.05) is 19.4 Å². The number of aldehydes is 1. The molecule has 0 radical (unpaired) electrons. The molecular weight excluding hydrogens is 440 g/mol. The molecule has 9 heteroatoms. The highest BCUT2D eigenvalue weighted by Gasteiger charge is 2.49. The van der Waals surface area contributed by atoms with E-state index in [0.29, 0.717) is 24.0 Å². The molecule has 34 heavy (non-hydrogen) atoms. The van der Waals surface area contributed by atoms with E-state index in [1.807, 2.05) is 13.0 Å². The zero-order chi connectivity index (χ0) is 25.4. The number of hydrogen-bond donors (Lipinski definition) is 6. The number of hydrogen-bond acceptors (Lipinski definition) is 8. The molecule has 2 aliphatic rings. The van der Waals surface area contributed by atoms with Crippen LogP contribution in [0.15, 0.2) is 28.7 Å². The fraction of sp³-hybridized carbons (Fsp3) is 0.480. The second-order valence-corrected chi connectivity index (χ2v) is 9.32. The second kappa shape index (κ2) is 9.60. The molecule has 1 amide bonds. The minimum atomic E-state index is -1.93. The van der Waals surface area contributed by atoms with Crippen LogP contribution in [0.1, 0.15) is 66.6 Å². The first-order valence-corrected chi connectivity index (χ1v) is 11.4. The molecule has 8 N–H and O–H groups in total. The molecule has 9 nitrogen and oxygen atoms in total. The summed E-state index contributed by atoms with van der Waals surface area (Å²) < 4.78 is 0. The van der Waals surface area contributed by atoms with Gasteiger partial charge in [0, 0.05) is 30.0 Å². The first kappa shape index (κ1) is 25.5. The average Bonchev–Trinajstić information content (AvgIpc) is 2.77. The number of primary amides is 1. The number of aryl methyl sites for hydroxylation is 1. The summed E-state index contributed by atoms with van der Waals surface area (Å²) in [5.74, 6) is -4.29. The standard InChI is InChI=1S/C25H32N2O7/c1-3-4-5-12-6-14(10-26)21(30)20-16(12)8-13-7-15(9-18(29)17(11-28)24(27)33)25(2,34)23(32)19(13)22(20)31/h6,11,13,15,29-30,32,34H,3-5,7-10,26H2,1-2H3,(H2,27,33)/b18-17-/t13?,15?,25-/m0/s1. The van der Waals surface area contributed by atoms with Crippen molar-refractivity contribution >= 4 is 18.0 Å². The number of ketones is 1. The van der Waals surface area contributed by atoms with Gasteiger partial charge in [0.25, 0.3) is 5.91 Å². The molecule has 184 valence electrons. The second-order valence-electron chi connectivity index (χ2n) is 9.32. The van der Waals surface area contributed by atoms with E-state index in [-0.39, 0.29) is 42.6 Å². The molecule has 0 heterocycles. The van der Waals surface area contributed by atoms with Crippen LogP contribution in [0.5, 0.6) is 5.75 Å². The third-order valence-electron chi connectivity index (χ3n) is 7.16. The molecule has 0 spiro atoms. The number of rotatable bonds is 8. The van der Waals surface area contributed by atoms with Gasteiger partial charge >= 0.3 is 0 Å². The van der Waals surface area contributed by atoms with Crippen molar-refractivity contribution in [3.63, 3.8) is 0 Å². The predicted molar refractivity (Wildman–Crippen MR) is 124 cm³/mol. The minimum Gasteiger partial charge on any atom is -0.511 e. The first-order valence-electron chi connectivity index (χ1n) is 11.4. The van der Waals surface area contributed by atoms with Gasteiger partial charge in [-0.25, -0.2) is 0 Å². The van der Waals surface area contributed by atoms with Crippen LogP contribution >= 0.6 is 0 Å². The van der Waals surface area contributed by atoms with Crippen molar-refractivity contribution in [2.45, 2.75) is 64.5 Å². The number of carbonyl (C=O) groups excluding carboxylic acids is 3. The number of aliphatic hydroxyl groups excluding tert-OH is 2. The van der Waals surface area contributed by atoms with Crippen molar-refractivity contribution in [3.05, 3.63) is 51.0 Å². The SMILES string of the molecule is CCCCc1cc(CN)c(O)c2c1CC1CC(C/C(O)=C(\C=O)C(N)=O)[C@](C)(O)C(O)=C1C2=O. The molecule has 0 fully saturated rings. The number of aliphatic hydroxyl groups is 3. The van der Waals surface area contributed by atoms with E-state index < -0.39 is 46.2 Å². The number of Topliss-reactive ketones (excluding diaryl/α,β-unsaturated/α-hetero) is 1. The number of amides is 1. The minimum absolute atomic E-state index is 0.0219. The number of allylic oxidation sites excluding steroid dienone is 2. The summed E-state index contributed by atoms with van der Waals surface area (Å²) in [5, 5.41) is 43.2. The summed E-state index contributed by atoms with van der Waals surface area (Å²) in [6.45, 7) is 3.40. The maximum absolute atomic E-state index is 13.5. The van der Waals surface area contributed by atoms with Gasteiger partial charge in [0.1, 0.15) is 28.4 Å². The summed E-state index contributed by atoms with van der Waals surface area (Å²) in [6, 6.07) is 1.82. The predicted octanol–water partition coefficient (Wildman–Crippen LogP) is 2.02. The average molecular weight is 473 g/mol. The number of phenols is 1. The Hall–Kier alpha value is -3.17. The maximum atomic E-state index is 13.5. The largest absolute Gasteiger partial charge is 0.511 e. The molecule has 3 atom stereocenters. The van der Waals surface area contributed by atoms with Crippen LogP contribution in [0.3, 0.4) is 0 Å². The monoisotopic (exact) mass is 472 g/mol. The van der Waals surface area contributed by atoms with Crippen LogP contribution in [-0.2, 0) is 29.0 Å². The normalized spacial score (nSPS) is 24.9. The van der Waals surface area contributed by atoms with Crippen LogP contribution < -0.4 is 11.5 Å². The molecule has 0 saturated carbocycles. The van der Waals surface area contributed by atoms with Crippen LogP contribution in [0.25, 0.3) is 0 Å². The van der Waals surface area contributed by atoms with Gasteiger partial charge in [-0.2, -0.15) is 0 Å². The lowest BCUT2D eigenvalue weighted by Crippen LogP contribution is -2.46. The lowest BCUT2D eigenvalue weighted by molar-refractivity contribution is -0.117. The van der Waals surface area contributed by atoms with Crippen molar-refractivity contribution in [2.75, 3.05) is 0 Å². The summed E-state index contributed by atoms with van der Waals surface area (Å²) in [6.07, 6.45) is 2.90. The number of carbonyl (C=O) groups is 3. The summed E-state index contributed by atoms with van der Waals surface area (Å²) in [7, 11) is 0. The highest BCUT2D eigenvalue weighted by atomic mass is 16.3. The third kappa shape index (κ3) is 4.21. The number of fused-ring (bicyclic) bond motifs is 2. The van der Waals surface area contributed by atoms with Crippen LogP contribution in [0.4, 0.5) is 0 Å². The Balaban J connectivity index is 2.12. The van der Waals surface area contributed by atoms with Gasteiger partial charge in [-0.15, -0.1) is 0 Å². The Morgan fingerprint density at radius 2 is 1.97 bits per heavy atom. The number of nitrogens with two attached hydrogens (primary N) is 2. The van der Waals surface area contributed by atoms with Gasteiger partial charge in [-0.3, -0.25) is 14.4 Å². The third-order valence-corrected chi connectivity index (χ3v) is 7.16. The van der Waals surface area contributed by atoms with E-state index >= 15 is 0 Å². The highest BCUT2D eigenvalue weighted by molar-refractivity contribution is 6.14. The number of aromatic hydroxyl groups is 1. The van der Waals surface area contributed by atoms with Crippen LogP contribution in [0.2, 0.25) is 0 Å². The van der Waals surface area contributed by atoms with E-state index in [4.69, 9.17) is 11.5 Å². The van der Waals surface area contributed by atoms with Crippen molar-refractivity contribution in [1.82, 2.24) is 0 Å². The fourth-order valence-corrected chi connectivity index (χ4v) is 5.16. The topological polar surface area (TPSA) is 184 Å². The maximum Gasteiger partial charge on any atom is 0.255 e. The quantitative estimate of drug-likeness (QED) is 0.109. The van der Waals surface area contributed by atoms with Crippen LogP contribution in [0, 0.1) is 11.8 Å². The van der Waals surface area contributed by atoms with E-state index in [0.717, 1.165) is 18.4 Å². The molecule has 1 aromatic carbocycles. The Morgan fingerprint density at radius 1 is 1.29 bits per heavy atom. The van der Waals surface area contributed by atoms with Gasteiger partial charge in [0.05, 0.1) is 5.56 Å². The first-order chi connectivity index (χ1) is 16.0. The smallest absolute Gasteiger partial charge is 0.255 e. The summed E-state index contributed by atoms with van der Waals surface area (Å²) in [4.78, 5) is 36.1. The Kier molecular flexibility index (Phi) is 7.18. The van der Waals surface area contributed by atoms with E-state index in [1.165, 1.54) is 6.92 Å². The Morgan fingerprint density at radius 3 is 2.53 bits per heavy atom. The van der Waals surface area contributed by atoms with Crippen LogP contribution in [-0.4, -0.2) is 44.0 Å². The molecule has 0 saturated heterocycles. The van der Waals surface area contributed by atoms with E-state index in [1.54, 1.807) is 0 Å². The number of phenolic OH excluding ortho intramolecular Hbond substituents is 1. The zero-order valence-electron chi connectivity index (χ0n) is 19.4. The zero-order valence-corrected chi connectivity index (χ0v) is 19.4. The van der Waals surface area contributed by atoms with Gasteiger partial charge < -0.3 is 31.9 Å². The molecule has 0 aliphatic heterocycles.